The van der Waals surface area contributed by atoms with Gasteiger partial charge in [-0.1, -0.05) is 128 Å². The minimum Gasteiger partial charge on any atom is -0.112 e. The fourth-order valence-corrected chi connectivity index (χ4v) is 7.58. The first-order chi connectivity index (χ1) is 22.2. The minimum atomic E-state index is -0.116. The van der Waals surface area contributed by atoms with Gasteiger partial charge >= 0.3 is 0 Å². The van der Waals surface area contributed by atoms with Crippen LogP contribution in [0.2, 0.25) is 0 Å². The maximum atomic E-state index is 6.56. The highest BCUT2D eigenvalue weighted by atomic mass is 14.4. The summed E-state index contributed by atoms with van der Waals surface area (Å²) in [5.74, 6) is 0. The molecule has 0 nitrogen and oxygen atoms in total. The second-order valence-corrected chi connectivity index (χ2v) is 12.8. The van der Waals surface area contributed by atoms with Crippen molar-refractivity contribution in [1.82, 2.24) is 0 Å². The van der Waals surface area contributed by atoms with E-state index in [0.717, 1.165) is 32.8 Å². The molecule has 0 spiro atoms. The van der Waals surface area contributed by atoms with Gasteiger partial charge in [-0.2, -0.15) is 0 Å². The Bertz CT molecular complexity index is 2360. The first-order valence-corrected chi connectivity index (χ1v) is 15.5. The van der Waals surface area contributed by atoms with Crippen LogP contribution in [0.4, 0.5) is 0 Å². The monoisotopic (exact) mass is 572 g/mol. The molecule has 1 aliphatic rings. The summed E-state index contributed by atoms with van der Waals surface area (Å²) in [6, 6.07) is 41.3. The van der Waals surface area contributed by atoms with Gasteiger partial charge in [0.05, 0.1) is 0 Å². The van der Waals surface area contributed by atoms with Crippen LogP contribution < -0.4 is 27.3 Å². The van der Waals surface area contributed by atoms with Gasteiger partial charge in [0, 0.05) is 5.41 Å². The molecule has 204 valence electrons. The summed E-state index contributed by atoms with van der Waals surface area (Å²) in [4.78, 5) is 0. The van der Waals surface area contributed by atoms with Crippen LogP contribution in [-0.4, -0.2) is 39.2 Å². The van der Waals surface area contributed by atoms with Crippen molar-refractivity contribution >= 4 is 88.1 Å². The summed E-state index contributed by atoms with van der Waals surface area (Å²) in [6.07, 6.45) is 0. The third-order valence-corrected chi connectivity index (χ3v) is 9.95. The zero-order valence-electron chi connectivity index (χ0n) is 25.9. The van der Waals surface area contributed by atoms with Gasteiger partial charge in [-0.05, 0) is 89.3 Å². The molecule has 1 aliphatic carbocycles. The largest absolute Gasteiger partial charge is 0.113 e. The van der Waals surface area contributed by atoms with E-state index in [1.54, 1.807) is 0 Å². The maximum Gasteiger partial charge on any atom is 0.113 e. The molecule has 0 aromatic heterocycles. The quantitative estimate of drug-likeness (QED) is 0.200. The first-order valence-electron chi connectivity index (χ1n) is 15.5. The van der Waals surface area contributed by atoms with Gasteiger partial charge in [0.15, 0.2) is 0 Å². The van der Waals surface area contributed by atoms with Crippen LogP contribution in [0.15, 0.2) is 115 Å². The Morgan fingerprint density at radius 1 is 0.370 bits per heavy atom. The van der Waals surface area contributed by atoms with Crippen molar-refractivity contribution in [3.8, 4) is 44.5 Å². The van der Waals surface area contributed by atoms with Crippen LogP contribution in [0, 0.1) is 0 Å². The Labute approximate surface area is 277 Å². The number of benzene rings is 7. The van der Waals surface area contributed by atoms with Gasteiger partial charge in [0.2, 0.25) is 0 Å². The number of rotatable bonds is 3. The van der Waals surface area contributed by atoms with Gasteiger partial charge in [-0.3, -0.25) is 0 Å². The Kier molecular flexibility index (Phi) is 6.56. The molecule has 0 aliphatic heterocycles. The molecule has 0 N–H and O–H groups in total. The highest BCUT2D eigenvalue weighted by Gasteiger charge is 2.35. The van der Waals surface area contributed by atoms with Crippen LogP contribution >= 0.6 is 0 Å². The summed E-state index contributed by atoms with van der Waals surface area (Å²) in [7, 11) is 31.9. The maximum absolute atomic E-state index is 6.56. The molecule has 0 saturated carbocycles. The van der Waals surface area contributed by atoms with E-state index < -0.39 is 0 Å². The van der Waals surface area contributed by atoms with E-state index >= 15 is 0 Å². The molecule has 8 rings (SSSR count). The van der Waals surface area contributed by atoms with Crippen molar-refractivity contribution in [2.45, 2.75) is 19.3 Å². The molecule has 7 aromatic rings. The molecular formula is C41H25B5. The molecular weight excluding hydrogens is 547 g/mol. The van der Waals surface area contributed by atoms with E-state index in [4.69, 9.17) is 39.2 Å². The Balaban J connectivity index is 1.48. The molecule has 46 heavy (non-hydrogen) atoms. The van der Waals surface area contributed by atoms with Crippen LogP contribution in [-0.2, 0) is 5.41 Å². The van der Waals surface area contributed by atoms with Crippen molar-refractivity contribution in [3.63, 3.8) is 0 Å². The van der Waals surface area contributed by atoms with Gasteiger partial charge in [0.25, 0.3) is 0 Å². The molecule has 10 radical (unpaired) electrons. The normalized spacial score (nSPS) is 13.2. The second-order valence-electron chi connectivity index (χ2n) is 12.8. The standard InChI is InChI=1S/C41H25B5/c1-41(2)31-15-9-8-12-25(31)26-18-16-24(21-32(26)41)34-28-14-7-6-13-27(28)33(22-10-4-3-5-11-22)30-20-23(17-19-29(30)34)35-36(42)38(44)40(46)39(45)37(35)43/h3-21H,1-2H3. The van der Waals surface area contributed by atoms with E-state index in [9.17, 15) is 0 Å². The Morgan fingerprint density at radius 3 is 1.57 bits per heavy atom. The lowest BCUT2D eigenvalue weighted by Gasteiger charge is -2.24. The third-order valence-electron chi connectivity index (χ3n) is 9.95. The lowest BCUT2D eigenvalue weighted by Crippen LogP contribution is -2.55. The summed E-state index contributed by atoms with van der Waals surface area (Å²) in [5, 5.41) is 4.56. The highest BCUT2D eigenvalue weighted by molar-refractivity contribution is 6.68. The van der Waals surface area contributed by atoms with Gasteiger partial charge in [-0.15, -0.1) is 16.4 Å². The average Bonchev–Trinajstić information content (AvgIpc) is 3.31. The lowest BCUT2D eigenvalue weighted by atomic mass is 9.59. The second kappa shape index (κ2) is 10.5. The predicted molar refractivity (Wildman–Crippen MR) is 202 cm³/mol. The zero-order valence-corrected chi connectivity index (χ0v) is 25.9. The number of hydrogen-bond donors (Lipinski definition) is 0. The number of fused-ring (bicyclic) bond motifs is 5. The smallest absolute Gasteiger partial charge is 0.112 e. The molecule has 0 unspecified atom stereocenters. The van der Waals surface area contributed by atoms with Gasteiger partial charge in [-0.25, -0.2) is 0 Å². The molecule has 0 bridgehead atoms. The van der Waals surface area contributed by atoms with Gasteiger partial charge in [0.1, 0.15) is 39.2 Å². The van der Waals surface area contributed by atoms with Crippen molar-refractivity contribution in [2.75, 3.05) is 0 Å². The lowest BCUT2D eigenvalue weighted by molar-refractivity contribution is 0.660. The molecule has 0 amide bonds. The van der Waals surface area contributed by atoms with E-state index in [1.807, 2.05) is 6.07 Å². The fourth-order valence-electron chi connectivity index (χ4n) is 7.58. The van der Waals surface area contributed by atoms with E-state index in [-0.39, 0.29) is 21.8 Å². The summed E-state index contributed by atoms with van der Waals surface area (Å²) in [6.45, 7) is 4.64. The van der Waals surface area contributed by atoms with E-state index in [0.29, 0.717) is 16.5 Å². The predicted octanol–water partition coefficient (Wildman–Crippen LogP) is 5.27. The van der Waals surface area contributed by atoms with Crippen LogP contribution in [0.25, 0.3) is 66.1 Å². The summed E-state index contributed by atoms with van der Waals surface area (Å²) < 4.78 is 0. The zero-order chi connectivity index (χ0) is 31.9. The van der Waals surface area contributed by atoms with Crippen molar-refractivity contribution in [3.05, 3.63) is 126 Å². The molecule has 0 heterocycles. The SMILES string of the molecule is [B]c1c([B])c([B])c(-c2ccc3c(-c4ccc5c(c4)C(C)(C)c4ccccc4-5)c4ccccc4c(-c4ccccc4)c3c2)c([B])c1[B]. The molecule has 0 saturated heterocycles. The van der Waals surface area contributed by atoms with Crippen molar-refractivity contribution in [1.29, 1.82) is 0 Å². The summed E-state index contributed by atoms with van der Waals surface area (Å²) >= 11 is 0. The third kappa shape index (κ3) is 4.07. The highest BCUT2D eigenvalue weighted by Crippen LogP contribution is 2.51. The minimum absolute atomic E-state index is 0.116. The van der Waals surface area contributed by atoms with E-state index in [1.165, 1.54) is 38.8 Å². The Morgan fingerprint density at radius 2 is 0.870 bits per heavy atom. The first kappa shape index (κ1) is 28.8. The van der Waals surface area contributed by atoms with Crippen molar-refractivity contribution in [2.24, 2.45) is 0 Å². The topological polar surface area (TPSA) is 0 Å². The van der Waals surface area contributed by atoms with Gasteiger partial charge < -0.3 is 0 Å². The van der Waals surface area contributed by atoms with E-state index in [2.05, 4.69) is 123 Å². The molecule has 0 fully saturated rings. The van der Waals surface area contributed by atoms with Crippen LogP contribution in [0.3, 0.4) is 0 Å². The molecule has 5 heteroatoms. The van der Waals surface area contributed by atoms with Crippen molar-refractivity contribution < 1.29 is 0 Å². The number of hydrogen-bond acceptors (Lipinski definition) is 0. The Hall–Kier alpha value is -4.62. The fraction of sp³-hybridized carbons (Fsp3) is 0.0732. The van der Waals surface area contributed by atoms with Crippen LogP contribution in [0.1, 0.15) is 25.0 Å². The average molecular weight is 572 g/mol. The molecule has 7 aromatic carbocycles. The molecule has 0 atom stereocenters. The summed E-state index contributed by atoms with van der Waals surface area (Å²) in [5.41, 5.74) is 12.6. The van der Waals surface area contributed by atoms with Crippen LogP contribution in [0.5, 0.6) is 0 Å².